The number of hydrogen-bond donors (Lipinski definition) is 1. The Hall–Kier alpha value is -4.24. The van der Waals surface area contributed by atoms with E-state index in [4.69, 9.17) is 0 Å². The van der Waals surface area contributed by atoms with Crippen LogP contribution < -0.4 is 9.73 Å². The number of anilines is 1. The lowest BCUT2D eigenvalue weighted by molar-refractivity contribution is 0.0955. The SMILES string of the molecule is Cc1cc(/C=N\NC(=O)c2ccc(N(C)S(=O)(=O)c3ccccc3)cc2)c(C)n1-c1ccc(F)cc1. The highest BCUT2D eigenvalue weighted by molar-refractivity contribution is 7.92. The molecule has 9 heteroatoms. The molecule has 0 saturated carbocycles. The van der Waals surface area contributed by atoms with Gasteiger partial charge < -0.3 is 4.57 Å². The number of carbonyl (C=O) groups is 1. The van der Waals surface area contributed by atoms with Crippen LogP contribution in [-0.2, 0) is 10.0 Å². The molecule has 1 aromatic heterocycles. The molecular formula is C27H25FN4O3S. The number of aryl methyl sites for hydroxylation is 1. The Morgan fingerprint density at radius 3 is 2.25 bits per heavy atom. The maximum Gasteiger partial charge on any atom is 0.271 e. The van der Waals surface area contributed by atoms with Crippen molar-refractivity contribution in [3.05, 3.63) is 113 Å². The molecule has 0 spiro atoms. The molecule has 184 valence electrons. The molecule has 0 saturated heterocycles. The molecule has 1 amide bonds. The van der Waals surface area contributed by atoms with Crippen LogP contribution in [0.4, 0.5) is 10.1 Å². The van der Waals surface area contributed by atoms with Gasteiger partial charge in [0.05, 0.1) is 16.8 Å². The molecule has 1 heterocycles. The molecular weight excluding hydrogens is 479 g/mol. The van der Waals surface area contributed by atoms with E-state index in [1.165, 1.54) is 47.8 Å². The van der Waals surface area contributed by atoms with Crippen LogP contribution in [0, 0.1) is 19.7 Å². The van der Waals surface area contributed by atoms with E-state index < -0.39 is 15.9 Å². The maximum absolute atomic E-state index is 13.3. The summed E-state index contributed by atoms with van der Waals surface area (Å²) < 4.78 is 42.0. The van der Waals surface area contributed by atoms with Crippen LogP contribution in [0.3, 0.4) is 0 Å². The number of benzene rings is 3. The van der Waals surface area contributed by atoms with Crippen molar-refractivity contribution in [2.45, 2.75) is 18.7 Å². The topological polar surface area (TPSA) is 83.8 Å². The minimum Gasteiger partial charge on any atom is -0.318 e. The standard InChI is InChI=1S/C27H25FN4O3S/c1-19-17-22(20(2)32(19)25-15-11-23(28)12-16-25)18-29-30-27(33)21-9-13-24(14-10-21)31(3)36(34,35)26-7-5-4-6-8-26/h4-18H,1-3H3,(H,30,33)/b29-18-. The summed E-state index contributed by atoms with van der Waals surface area (Å²) in [7, 11) is -2.25. The van der Waals surface area contributed by atoms with Gasteiger partial charge in [-0.2, -0.15) is 5.10 Å². The van der Waals surface area contributed by atoms with E-state index >= 15 is 0 Å². The molecule has 36 heavy (non-hydrogen) atoms. The number of hydrazone groups is 1. The van der Waals surface area contributed by atoms with E-state index in [1.54, 1.807) is 48.7 Å². The second-order valence-corrected chi connectivity index (χ2v) is 10.1. The van der Waals surface area contributed by atoms with Gasteiger partial charge >= 0.3 is 0 Å². The molecule has 7 nitrogen and oxygen atoms in total. The molecule has 0 radical (unpaired) electrons. The molecule has 0 aliphatic rings. The fourth-order valence-corrected chi connectivity index (χ4v) is 5.06. The monoisotopic (exact) mass is 504 g/mol. The van der Waals surface area contributed by atoms with E-state index in [-0.39, 0.29) is 10.7 Å². The van der Waals surface area contributed by atoms with Crippen LogP contribution in [0.25, 0.3) is 5.69 Å². The number of hydrogen-bond acceptors (Lipinski definition) is 4. The third-order valence-corrected chi connectivity index (χ3v) is 7.62. The van der Waals surface area contributed by atoms with Crippen LogP contribution in [0.5, 0.6) is 0 Å². The predicted molar refractivity (Wildman–Crippen MR) is 139 cm³/mol. The smallest absolute Gasteiger partial charge is 0.271 e. The first-order valence-electron chi connectivity index (χ1n) is 11.1. The Kier molecular flexibility index (Phi) is 7.03. The molecule has 0 bridgehead atoms. The summed E-state index contributed by atoms with van der Waals surface area (Å²) in [5, 5.41) is 4.07. The van der Waals surface area contributed by atoms with Gasteiger partial charge in [0.2, 0.25) is 0 Å². The van der Waals surface area contributed by atoms with Crippen LogP contribution in [-0.4, -0.2) is 32.2 Å². The highest BCUT2D eigenvalue weighted by Crippen LogP contribution is 2.23. The first kappa shape index (κ1) is 24.9. The molecule has 0 fully saturated rings. The number of carbonyl (C=O) groups excluding carboxylic acids is 1. The van der Waals surface area contributed by atoms with Crippen LogP contribution >= 0.6 is 0 Å². The zero-order valence-electron chi connectivity index (χ0n) is 20.0. The summed E-state index contributed by atoms with van der Waals surface area (Å²) in [4.78, 5) is 12.7. The maximum atomic E-state index is 13.3. The van der Waals surface area contributed by atoms with Crippen molar-refractivity contribution >= 4 is 27.8 Å². The molecule has 0 aliphatic heterocycles. The summed E-state index contributed by atoms with van der Waals surface area (Å²) in [6.45, 7) is 3.85. The molecule has 0 aliphatic carbocycles. The molecule has 3 aromatic carbocycles. The van der Waals surface area contributed by atoms with E-state index in [1.807, 2.05) is 24.5 Å². The molecule has 4 rings (SSSR count). The van der Waals surface area contributed by atoms with Gasteiger partial charge in [-0.25, -0.2) is 18.2 Å². The molecule has 0 unspecified atom stereocenters. The van der Waals surface area contributed by atoms with E-state index in [0.29, 0.717) is 11.3 Å². The van der Waals surface area contributed by atoms with Crippen molar-refractivity contribution in [2.75, 3.05) is 11.4 Å². The Morgan fingerprint density at radius 2 is 1.61 bits per heavy atom. The van der Waals surface area contributed by atoms with Crippen molar-refractivity contribution in [1.29, 1.82) is 0 Å². The van der Waals surface area contributed by atoms with Gasteiger partial charge in [0.25, 0.3) is 15.9 Å². The molecule has 1 N–H and O–H groups in total. The minimum atomic E-state index is -3.71. The van der Waals surface area contributed by atoms with Crippen LogP contribution in [0.15, 0.2) is 94.9 Å². The second kappa shape index (κ2) is 10.2. The number of amides is 1. The summed E-state index contributed by atoms with van der Waals surface area (Å²) in [5.41, 5.74) is 6.72. The van der Waals surface area contributed by atoms with Gasteiger partial charge in [-0.05, 0) is 80.6 Å². The van der Waals surface area contributed by atoms with Crippen LogP contribution in [0.1, 0.15) is 27.3 Å². The molecule has 4 aromatic rings. The normalized spacial score (nSPS) is 11.6. The number of nitrogens with zero attached hydrogens (tertiary/aromatic N) is 3. The number of rotatable bonds is 7. The number of sulfonamides is 1. The first-order chi connectivity index (χ1) is 17.2. The summed E-state index contributed by atoms with van der Waals surface area (Å²) in [5.74, 6) is -0.734. The first-order valence-corrected chi connectivity index (χ1v) is 12.5. The van der Waals surface area contributed by atoms with Gasteiger partial charge in [-0.15, -0.1) is 0 Å². The highest BCUT2D eigenvalue weighted by Gasteiger charge is 2.21. The fraction of sp³-hybridized carbons (Fsp3) is 0.111. The van der Waals surface area contributed by atoms with E-state index in [9.17, 15) is 17.6 Å². The lowest BCUT2D eigenvalue weighted by atomic mass is 10.2. The lowest BCUT2D eigenvalue weighted by Crippen LogP contribution is -2.26. The zero-order chi connectivity index (χ0) is 25.9. The van der Waals surface area contributed by atoms with E-state index in [0.717, 1.165) is 22.6 Å². The lowest BCUT2D eigenvalue weighted by Gasteiger charge is -2.19. The Labute approximate surface area is 209 Å². The van der Waals surface area contributed by atoms with Gasteiger partial charge in [0.1, 0.15) is 5.82 Å². The Morgan fingerprint density at radius 1 is 0.972 bits per heavy atom. The van der Waals surface area contributed by atoms with Crippen molar-refractivity contribution in [3.63, 3.8) is 0 Å². The average Bonchev–Trinajstić information content (AvgIpc) is 3.17. The van der Waals surface area contributed by atoms with Gasteiger partial charge in [-0.3, -0.25) is 9.10 Å². The quantitative estimate of drug-likeness (QED) is 0.289. The fourth-order valence-electron chi connectivity index (χ4n) is 3.84. The van der Waals surface area contributed by atoms with Crippen molar-refractivity contribution < 1.29 is 17.6 Å². The third-order valence-electron chi connectivity index (χ3n) is 5.82. The largest absolute Gasteiger partial charge is 0.318 e. The summed E-state index contributed by atoms with van der Waals surface area (Å²) in [6, 6.07) is 22.5. The van der Waals surface area contributed by atoms with Crippen LogP contribution in [0.2, 0.25) is 0 Å². The second-order valence-electron chi connectivity index (χ2n) is 8.17. The predicted octanol–water partition coefficient (Wildman–Crippen LogP) is 4.82. The number of nitrogens with one attached hydrogen (secondary N) is 1. The van der Waals surface area contributed by atoms with Crippen molar-refractivity contribution in [2.24, 2.45) is 5.10 Å². The van der Waals surface area contributed by atoms with Crippen molar-refractivity contribution in [3.8, 4) is 5.69 Å². The summed E-state index contributed by atoms with van der Waals surface area (Å²) in [6.07, 6.45) is 1.55. The van der Waals surface area contributed by atoms with E-state index in [2.05, 4.69) is 10.5 Å². The average molecular weight is 505 g/mol. The van der Waals surface area contributed by atoms with Gasteiger partial charge in [-0.1, -0.05) is 18.2 Å². The highest BCUT2D eigenvalue weighted by atomic mass is 32.2. The summed E-state index contributed by atoms with van der Waals surface area (Å²) >= 11 is 0. The Bertz CT molecular complexity index is 1510. The number of aromatic nitrogens is 1. The van der Waals surface area contributed by atoms with Gasteiger partial charge in [0, 0.05) is 35.2 Å². The third kappa shape index (κ3) is 5.06. The number of halogens is 1. The molecule has 0 atom stereocenters. The van der Waals surface area contributed by atoms with Crippen molar-refractivity contribution in [1.82, 2.24) is 9.99 Å². The zero-order valence-corrected chi connectivity index (χ0v) is 20.8. The van der Waals surface area contributed by atoms with Gasteiger partial charge in [0.15, 0.2) is 0 Å². The minimum absolute atomic E-state index is 0.183. The Balaban J connectivity index is 1.44.